The first-order chi connectivity index (χ1) is 10.2. The lowest BCUT2D eigenvalue weighted by atomic mass is 9.83. The summed E-state index contributed by atoms with van der Waals surface area (Å²) in [6.45, 7) is 9.17. The Balaban J connectivity index is 4.79. The van der Waals surface area contributed by atoms with Gasteiger partial charge in [0.1, 0.15) is 6.10 Å². The minimum absolute atomic E-state index is 0.151. The van der Waals surface area contributed by atoms with Crippen LogP contribution in [-0.2, 0) is 19.1 Å². The van der Waals surface area contributed by atoms with Crippen molar-refractivity contribution in [2.75, 3.05) is 7.11 Å². The van der Waals surface area contributed by atoms with Crippen LogP contribution in [-0.4, -0.2) is 36.4 Å². The Labute approximate surface area is 133 Å². The van der Waals surface area contributed by atoms with E-state index in [4.69, 9.17) is 4.74 Å². The van der Waals surface area contributed by atoms with E-state index in [-0.39, 0.29) is 42.2 Å². The van der Waals surface area contributed by atoms with Crippen LogP contribution < -0.4 is 0 Å². The molecule has 1 N–H and O–H groups in total. The fourth-order valence-electron chi connectivity index (χ4n) is 2.41. The minimum Gasteiger partial charge on any atom is -0.469 e. The number of aliphatic hydroxyl groups is 1. The van der Waals surface area contributed by atoms with Crippen LogP contribution in [0.3, 0.4) is 0 Å². The van der Waals surface area contributed by atoms with Gasteiger partial charge < -0.3 is 14.6 Å². The Bertz CT molecular complexity index is 377. The van der Waals surface area contributed by atoms with Crippen LogP contribution in [0.1, 0.15) is 47.5 Å². The maximum absolute atomic E-state index is 11.3. The van der Waals surface area contributed by atoms with Crippen molar-refractivity contribution in [2.24, 2.45) is 17.8 Å². The van der Waals surface area contributed by atoms with E-state index in [9.17, 15) is 14.7 Å². The van der Waals surface area contributed by atoms with E-state index in [0.29, 0.717) is 0 Å². The van der Waals surface area contributed by atoms with Crippen molar-refractivity contribution in [1.29, 1.82) is 0 Å². The largest absolute Gasteiger partial charge is 0.469 e. The zero-order valence-electron chi connectivity index (χ0n) is 14.5. The molecule has 0 aromatic carbocycles. The predicted molar refractivity (Wildman–Crippen MR) is 85.1 cm³/mol. The zero-order valence-corrected chi connectivity index (χ0v) is 14.5. The summed E-state index contributed by atoms with van der Waals surface area (Å²) in [5.41, 5.74) is 0. The van der Waals surface area contributed by atoms with Gasteiger partial charge in [-0.3, -0.25) is 9.59 Å². The van der Waals surface area contributed by atoms with E-state index in [1.807, 2.05) is 27.7 Å². The average Bonchev–Trinajstić information content (AvgIpc) is 2.49. The molecule has 128 valence electrons. The SMILES string of the molecule is CC[C@H](C)[C@@H](OC(C)=O)[C@H](C)[C@@H](O)[C@H](C)/C=C/CC(=O)OC. The van der Waals surface area contributed by atoms with Crippen LogP contribution in [0.15, 0.2) is 12.2 Å². The lowest BCUT2D eigenvalue weighted by molar-refractivity contribution is -0.155. The highest BCUT2D eigenvalue weighted by Crippen LogP contribution is 2.26. The molecule has 5 heteroatoms. The normalized spacial score (nSPS) is 18.3. The second kappa shape index (κ2) is 10.4. The Morgan fingerprint density at radius 2 is 1.82 bits per heavy atom. The molecule has 0 bridgehead atoms. The van der Waals surface area contributed by atoms with Crippen molar-refractivity contribution in [3.05, 3.63) is 12.2 Å². The summed E-state index contributed by atoms with van der Waals surface area (Å²) in [4.78, 5) is 22.3. The van der Waals surface area contributed by atoms with Gasteiger partial charge in [0.25, 0.3) is 0 Å². The molecule has 0 aliphatic heterocycles. The van der Waals surface area contributed by atoms with Crippen LogP contribution in [0.5, 0.6) is 0 Å². The second-order valence-corrected chi connectivity index (χ2v) is 5.88. The van der Waals surface area contributed by atoms with Gasteiger partial charge in [-0.25, -0.2) is 0 Å². The molecule has 0 heterocycles. The molecule has 5 nitrogen and oxygen atoms in total. The van der Waals surface area contributed by atoms with Crippen molar-refractivity contribution in [2.45, 2.75) is 59.7 Å². The van der Waals surface area contributed by atoms with Crippen molar-refractivity contribution in [3.8, 4) is 0 Å². The molecule has 0 fully saturated rings. The van der Waals surface area contributed by atoms with Gasteiger partial charge in [-0.1, -0.05) is 46.3 Å². The second-order valence-electron chi connectivity index (χ2n) is 5.88. The van der Waals surface area contributed by atoms with Crippen LogP contribution >= 0.6 is 0 Å². The third-order valence-corrected chi connectivity index (χ3v) is 4.05. The summed E-state index contributed by atoms with van der Waals surface area (Å²) >= 11 is 0. The molecular weight excluding hydrogens is 284 g/mol. The average molecular weight is 314 g/mol. The monoisotopic (exact) mass is 314 g/mol. The number of hydrogen-bond donors (Lipinski definition) is 1. The van der Waals surface area contributed by atoms with Crippen molar-refractivity contribution in [1.82, 2.24) is 0 Å². The van der Waals surface area contributed by atoms with Crippen LogP contribution in [0, 0.1) is 17.8 Å². The maximum Gasteiger partial charge on any atom is 0.309 e. The van der Waals surface area contributed by atoms with Gasteiger partial charge >= 0.3 is 11.9 Å². The molecule has 0 amide bonds. The first-order valence-electron chi connectivity index (χ1n) is 7.83. The van der Waals surface area contributed by atoms with Crippen molar-refractivity contribution < 1.29 is 24.2 Å². The molecule has 0 saturated heterocycles. The van der Waals surface area contributed by atoms with Crippen molar-refractivity contribution >= 4 is 11.9 Å². The van der Waals surface area contributed by atoms with Crippen LogP contribution in [0.25, 0.3) is 0 Å². The fraction of sp³-hybridized carbons (Fsp3) is 0.765. The highest BCUT2D eigenvalue weighted by molar-refractivity contribution is 5.70. The molecule has 0 aromatic heterocycles. The molecule has 0 rings (SSSR count). The number of aliphatic hydroxyl groups excluding tert-OH is 1. The van der Waals surface area contributed by atoms with Gasteiger partial charge in [-0.05, 0) is 5.92 Å². The summed E-state index contributed by atoms with van der Waals surface area (Å²) in [6, 6.07) is 0. The van der Waals surface area contributed by atoms with Gasteiger partial charge in [0, 0.05) is 18.8 Å². The Morgan fingerprint density at radius 1 is 1.23 bits per heavy atom. The first-order valence-corrected chi connectivity index (χ1v) is 7.83. The van der Waals surface area contributed by atoms with E-state index in [0.717, 1.165) is 6.42 Å². The summed E-state index contributed by atoms with van der Waals surface area (Å²) in [5.74, 6) is -0.834. The molecule has 0 radical (unpaired) electrons. The van der Waals surface area contributed by atoms with Gasteiger partial charge in [-0.15, -0.1) is 0 Å². The first kappa shape index (κ1) is 20.6. The number of carbonyl (C=O) groups is 2. The highest BCUT2D eigenvalue weighted by atomic mass is 16.5. The Hall–Kier alpha value is -1.36. The molecule has 0 aliphatic rings. The third-order valence-electron chi connectivity index (χ3n) is 4.05. The van der Waals surface area contributed by atoms with E-state index in [2.05, 4.69) is 4.74 Å². The number of rotatable bonds is 9. The number of methoxy groups -OCH3 is 1. The number of hydrogen-bond acceptors (Lipinski definition) is 5. The van der Waals surface area contributed by atoms with E-state index < -0.39 is 6.10 Å². The molecule has 0 aliphatic carbocycles. The van der Waals surface area contributed by atoms with Gasteiger partial charge in [-0.2, -0.15) is 0 Å². The maximum atomic E-state index is 11.3. The smallest absolute Gasteiger partial charge is 0.309 e. The van der Waals surface area contributed by atoms with Gasteiger partial charge in [0.2, 0.25) is 0 Å². The molecule has 0 unspecified atom stereocenters. The number of carbonyl (C=O) groups excluding carboxylic acids is 2. The summed E-state index contributed by atoms with van der Waals surface area (Å²) in [6.07, 6.45) is 3.54. The summed E-state index contributed by atoms with van der Waals surface area (Å²) < 4.78 is 9.96. The van der Waals surface area contributed by atoms with Crippen molar-refractivity contribution in [3.63, 3.8) is 0 Å². The quantitative estimate of drug-likeness (QED) is 0.523. The van der Waals surface area contributed by atoms with Crippen LogP contribution in [0.4, 0.5) is 0 Å². The lowest BCUT2D eigenvalue weighted by Gasteiger charge is -2.33. The van der Waals surface area contributed by atoms with Gasteiger partial charge in [0.15, 0.2) is 0 Å². The zero-order chi connectivity index (χ0) is 17.3. The topological polar surface area (TPSA) is 72.8 Å². The number of ether oxygens (including phenoxy) is 2. The molecule has 0 saturated carbocycles. The van der Waals surface area contributed by atoms with E-state index in [1.165, 1.54) is 14.0 Å². The standard InChI is InChI=1S/C17H30O5/c1-7-11(2)17(22-14(5)18)13(4)16(20)12(3)9-8-10-15(19)21-6/h8-9,11-13,16-17,20H,7,10H2,1-6H3/b9-8+/t11-,12+,13+,16-,17+/m0/s1. The molecular formula is C17H30O5. The Morgan fingerprint density at radius 3 is 2.27 bits per heavy atom. The van der Waals surface area contributed by atoms with Gasteiger partial charge in [0.05, 0.1) is 19.6 Å². The summed E-state index contributed by atoms with van der Waals surface area (Å²) in [5, 5.41) is 10.5. The molecule has 5 atom stereocenters. The fourth-order valence-corrected chi connectivity index (χ4v) is 2.41. The van der Waals surface area contributed by atoms with E-state index in [1.54, 1.807) is 12.2 Å². The molecule has 22 heavy (non-hydrogen) atoms. The predicted octanol–water partition coefficient (Wildman–Crippen LogP) is 2.72. The molecule has 0 aromatic rings. The summed E-state index contributed by atoms with van der Waals surface area (Å²) in [7, 11) is 1.34. The highest BCUT2D eigenvalue weighted by Gasteiger charge is 2.32. The lowest BCUT2D eigenvalue weighted by Crippen LogP contribution is -2.39. The molecule has 0 spiro atoms. The Kier molecular flexibility index (Phi) is 9.74. The number of esters is 2. The van der Waals surface area contributed by atoms with E-state index >= 15 is 0 Å². The minimum atomic E-state index is -0.660. The third kappa shape index (κ3) is 7.07. The van der Waals surface area contributed by atoms with Crippen LogP contribution in [0.2, 0.25) is 0 Å².